The van der Waals surface area contributed by atoms with Gasteiger partial charge in [0.1, 0.15) is 17.3 Å². The monoisotopic (exact) mass is 618 g/mol. The fraction of sp³-hybridized carbons (Fsp3) is 0.857. The highest BCUT2D eigenvalue weighted by atomic mass is 32.2. The summed E-state index contributed by atoms with van der Waals surface area (Å²) < 4.78 is 70.1. The van der Waals surface area contributed by atoms with Crippen LogP contribution in [0.25, 0.3) is 0 Å². The molecule has 0 spiro atoms. The lowest BCUT2D eigenvalue weighted by molar-refractivity contribution is -0.364. The maximum Gasteiger partial charge on any atom is 0.427 e. The molecule has 8 aliphatic rings. The van der Waals surface area contributed by atoms with Gasteiger partial charge in [-0.1, -0.05) is 0 Å². The van der Waals surface area contributed by atoms with Crippen LogP contribution in [0.1, 0.15) is 70.6 Å². The van der Waals surface area contributed by atoms with Crippen LogP contribution in [0.4, 0.5) is 8.78 Å². The molecule has 8 rings (SSSR count). The predicted molar refractivity (Wildman–Crippen MR) is 136 cm³/mol. The third kappa shape index (κ3) is 4.76. The van der Waals surface area contributed by atoms with Gasteiger partial charge in [0.25, 0.3) is 0 Å². The summed E-state index contributed by atoms with van der Waals surface area (Å²) in [6.07, 6.45) is -0.134. The molecule has 3 N–H and O–H groups in total. The van der Waals surface area contributed by atoms with E-state index in [1.54, 1.807) is 0 Å². The first kappa shape index (κ1) is 30.2. The summed E-state index contributed by atoms with van der Waals surface area (Å²) in [7, 11) is -6.10. The zero-order valence-electron chi connectivity index (χ0n) is 23.0. The molecule has 0 aromatic heterocycles. The molecule has 8 aliphatic carbocycles. The van der Waals surface area contributed by atoms with Crippen LogP contribution in [0.5, 0.6) is 0 Å². The summed E-state index contributed by atoms with van der Waals surface area (Å²) in [5.74, 6) is -2.25. The van der Waals surface area contributed by atoms with Crippen molar-refractivity contribution < 1.29 is 60.6 Å². The van der Waals surface area contributed by atoms with Crippen molar-refractivity contribution in [2.24, 2.45) is 52.3 Å². The van der Waals surface area contributed by atoms with Crippen LogP contribution in [0.15, 0.2) is 0 Å². The normalized spacial score (nSPS) is 39.5. The average Bonchev–Trinajstić information content (AvgIpc) is 2.89. The fourth-order valence-electron chi connectivity index (χ4n) is 9.54. The number of ketones is 3. The number of halogens is 2. The number of esters is 1. The Balaban J connectivity index is 1.18. The van der Waals surface area contributed by atoms with Gasteiger partial charge in [0.2, 0.25) is 0 Å². The highest BCUT2D eigenvalue weighted by Crippen LogP contribution is 2.60. The molecular formula is C28H36F2O11S. The lowest BCUT2D eigenvalue weighted by Gasteiger charge is -2.55. The van der Waals surface area contributed by atoms with E-state index in [1.807, 2.05) is 0 Å². The molecular weight excluding hydrogens is 582 g/mol. The summed E-state index contributed by atoms with van der Waals surface area (Å²) in [6, 6.07) is 0. The lowest BCUT2D eigenvalue weighted by Crippen LogP contribution is -2.56. The van der Waals surface area contributed by atoms with Gasteiger partial charge in [0.05, 0.1) is 18.6 Å². The van der Waals surface area contributed by atoms with Crippen molar-refractivity contribution in [1.29, 1.82) is 0 Å². The number of Topliss-reactive ketones (excluding diaryl/α,β-unsaturated/α-hetero) is 3. The number of rotatable bonds is 11. The zero-order chi connectivity index (χ0) is 30.5. The van der Waals surface area contributed by atoms with E-state index in [-0.39, 0.29) is 52.9 Å². The van der Waals surface area contributed by atoms with Gasteiger partial charge in [-0.05, 0) is 76.0 Å². The minimum absolute atomic E-state index is 0.157. The van der Waals surface area contributed by atoms with Crippen LogP contribution in [0.3, 0.4) is 0 Å². The minimum atomic E-state index is -6.10. The van der Waals surface area contributed by atoms with Crippen molar-refractivity contribution in [1.82, 2.24) is 0 Å². The number of aliphatic hydroxyl groups is 2. The maximum atomic E-state index is 14.5. The quantitative estimate of drug-likeness (QED) is 0.175. The molecule has 234 valence electrons. The van der Waals surface area contributed by atoms with Crippen LogP contribution >= 0.6 is 0 Å². The predicted octanol–water partition coefficient (Wildman–Crippen LogP) is 2.03. The summed E-state index contributed by atoms with van der Waals surface area (Å²) in [6.45, 7) is -1.65. The standard InChI is InChI=1S/C28H36F2O11S/c29-27(30,28(35,36)42(37,38)39)41-13-16(5-21(31)25-6-14-1-17(8-25)22(32)18(2-14)9-25)12-40-24(34)26-7-15-3-19(10-26)23(33)20(4-15)11-26/h14-20,35-36H,1-13H2,(H,37,38,39). The minimum Gasteiger partial charge on any atom is -0.465 e. The fourth-order valence-corrected chi connectivity index (χ4v) is 9.90. The second-order valence-electron chi connectivity index (χ2n) is 14.1. The molecule has 0 saturated heterocycles. The van der Waals surface area contributed by atoms with Gasteiger partial charge < -0.3 is 19.7 Å². The van der Waals surface area contributed by atoms with Crippen LogP contribution in [-0.4, -0.2) is 70.9 Å². The van der Waals surface area contributed by atoms with Crippen molar-refractivity contribution in [2.45, 2.75) is 81.9 Å². The molecule has 11 nitrogen and oxygen atoms in total. The Hall–Kier alpha value is -1.87. The molecule has 5 unspecified atom stereocenters. The van der Waals surface area contributed by atoms with Crippen molar-refractivity contribution in [3.05, 3.63) is 0 Å². The number of carbonyl (C=O) groups excluding carboxylic acids is 4. The number of hydrogen-bond donors (Lipinski definition) is 3. The molecule has 0 aromatic rings. The van der Waals surface area contributed by atoms with E-state index in [1.165, 1.54) is 0 Å². The second-order valence-corrected chi connectivity index (χ2v) is 15.6. The Morgan fingerprint density at radius 1 is 0.833 bits per heavy atom. The molecule has 0 amide bonds. The number of carbonyl (C=O) groups is 4. The van der Waals surface area contributed by atoms with E-state index in [0.717, 1.165) is 25.7 Å². The Kier molecular flexibility index (Phi) is 7.05. The SMILES string of the molecule is O=C1C2CC3CC1CC(C(=O)CC(COC(=O)C14CC5CC(C1)C(=O)C(C5)C4)COC(F)(F)C(O)(O)S(=O)(=O)O)(C3)C2. The summed E-state index contributed by atoms with van der Waals surface area (Å²) in [5, 5.41) is 13.9. The first-order valence-corrected chi connectivity index (χ1v) is 16.1. The van der Waals surface area contributed by atoms with Gasteiger partial charge in [-0.15, -0.1) is 0 Å². The van der Waals surface area contributed by atoms with Crippen molar-refractivity contribution in [3.63, 3.8) is 0 Å². The van der Waals surface area contributed by atoms with Gasteiger partial charge in [0.15, 0.2) is 0 Å². The van der Waals surface area contributed by atoms with Crippen molar-refractivity contribution in [3.8, 4) is 0 Å². The molecule has 8 saturated carbocycles. The van der Waals surface area contributed by atoms with E-state index >= 15 is 0 Å². The van der Waals surface area contributed by atoms with Gasteiger partial charge in [-0.2, -0.15) is 17.2 Å². The molecule has 5 atom stereocenters. The first-order valence-electron chi connectivity index (χ1n) is 14.7. The highest BCUT2D eigenvalue weighted by Gasteiger charge is 2.64. The largest absolute Gasteiger partial charge is 0.465 e. The Morgan fingerprint density at radius 3 is 1.76 bits per heavy atom. The Morgan fingerprint density at radius 2 is 1.29 bits per heavy atom. The third-order valence-electron chi connectivity index (χ3n) is 11.2. The highest BCUT2D eigenvalue weighted by molar-refractivity contribution is 7.86. The van der Waals surface area contributed by atoms with E-state index in [4.69, 9.17) is 9.29 Å². The van der Waals surface area contributed by atoms with Crippen LogP contribution in [0, 0.1) is 52.3 Å². The Labute approximate surface area is 241 Å². The number of ether oxygens (including phenoxy) is 2. The Bertz CT molecular complexity index is 1270. The average molecular weight is 619 g/mol. The first-order chi connectivity index (χ1) is 19.5. The van der Waals surface area contributed by atoms with Crippen LogP contribution < -0.4 is 0 Å². The van der Waals surface area contributed by atoms with Gasteiger partial charge in [0, 0.05) is 41.4 Å². The smallest absolute Gasteiger partial charge is 0.427 e. The number of alkyl halides is 2. The topological polar surface area (TPSA) is 182 Å². The van der Waals surface area contributed by atoms with Crippen molar-refractivity contribution in [2.75, 3.05) is 13.2 Å². The maximum absolute atomic E-state index is 14.5. The van der Waals surface area contributed by atoms with Gasteiger partial charge in [-0.25, -0.2) is 0 Å². The van der Waals surface area contributed by atoms with Crippen LogP contribution in [0.2, 0.25) is 0 Å². The molecule has 0 aromatic carbocycles. The lowest BCUT2D eigenvalue weighted by atomic mass is 9.47. The molecule has 0 radical (unpaired) electrons. The van der Waals surface area contributed by atoms with Gasteiger partial charge in [-0.3, -0.25) is 23.7 Å². The van der Waals surface area contributed by atoms with Crippen molar-refractivity contribution >= 4 is 33.4 Å². The summed E-state index contributed by atoms with van der Waals surface area (Å²) in [5.41, 5.74) is -1.69. The summed E-state index contributed by atoms with van der Waals surface area (Å²) in [4.78, 5) is 52.3. The van der Waals surface area contributed by atoms with E-state index in [2.05, 4.69) is 4.74 Å². The molecule has 8 bridgehead atoms. The molecule has 42 heavy (non-hydrogen) atoms. The van der Waals surface area contributed by atoms with Gasteiger partial charge >= 0.3 is 27.3 Å². The van der Waals surface area contributed by atoms with E-state index in [0.29, 0.717) is 38.5 Å². The number of hydrogen-bond acceptors (Lipinski definition) is 10. The third-order valence-corrected chi connectivity index (χ3v) is 12.1. The molecule has 0 heterocycles. The summed E-state index contributed by atoms with van der Waals surface area (Å²) >= 11 is 0. The van der Waals surface area contributed by atoms with Crippen LogP contribution in [-0.2, 0) is 38.8 Å². The van der Waals surface area contributed by atoms with E-state index in [9.17, 15) is 46.6 Å². The molecule has 8 fully saturated rings. The molecule has 14 heteroatoms. The second kappa shape index (κ2) is 9.82. The zero-order valence-corrected chi connectivity index (χ0v) is 23.8. The van der Waals surface area contributed by atoms with E-state index < -0.39 is 63.7 Å². The molecule has 0 aliphatic heterocycles.